The van der Waals surface area contributed by atoms with Crippen LogP contribution in [-0.4, -0.2) is 0 Å². The number of halogens is 1. The maximum absolute atomic E-state index is 3.49. The van der Waals surface area contributed by atoms with Crippen LogP contribution < -0.4 is 0 Å². The summed E-state index contributed by atoms with van der Waals surface area (Å²) in [5.41, 5.74) is 2.70. The maximum Gasteiger partial charge on any atom is 0.0175 e. The molecule has 0 aliphatic heterocycles. The van der Waals surface area contributed by atoms with Crippen LogP contribution in [0.3, 0.4) is 0 Å². The molecule has 0 spiro atoms. The lowest BCUT2D eigenvalue weighted by atomic mass is 9.89. The van der Waals surface area contributed by atoms with Gasteiger partial charge in [0.2, 0.25) is 0 Å². The lowest BCUT2D eigenvalue weighted by Crippen LogP contribution is -2.00. The summed E-state index contributed by atoms with van der Waals surface area (Å²) >= 11 is 3.49. The van der Waals surface area contributed by atoms with E-state index in [0.717, 1.165) is 10.4 Å². The van der Waals surface area contributed by atoms with Crippen LogP contribution in [0.25, 0.3) is 5.57 Å². The van der Waals surface area contributed by atoms with Gasteiger partial charge in [-0.15, -0.1) is 0 Å². The Morgan fingerprint density at radius 3 is 2.38 bits per heavy atom. The molecule has 1 aliphatic carbocycles. The van der Waals surface area contributed by atoms with E-state index in [1.54, 1.807) is 0 Å². The van der Waals surface area contributed by atoms with Crippen LogP contribution in [0.2, 0.25) is 0 Å². The van der Waals surface area contributed by atoms with E-state index in [1.807, 2.05) is 0 Å². The Kier molecular flexibility index (Phi) is 7.29. The molecule has 0 bridgehead atoms. The average molecular weight is 347 g/mol. The molecule has 0 N–H and O–H groups in total. The quantitative estimate of drug-likeness (QED) is 0.438. The lowest BCUT2D eigenvalue weighted by Gasteiger charge is -2.16. The van der Waals surface area contributed by atoms with E-state index in [9.17, 15) is 0 Å². The van der Waals surface area contributed by atoms with Gasteiger partial charge in [-0.1, -0.05) is 91.7 Å². The van der Waals surface area contributed by atoms with Gasteiger partial charge in [0.1, 0.15) is 0 Å². The second-order valence-corrected chi connectivity index (χ2v) is 6.99. The molecule has 1 aromatic rings. The Labute approximate surface area is 138 Å². The fraction of sp³-hybridized carbons (Fsp3) is 0.500. The largest absolute Gasteiger partial charge is 0.0805 e. The minimum atomic E-state index is 0.760. The van der Waals surface area contributed by atoms with Crippen molar-refractivity contribution in [1.29, 1.82) is 0 Å². The SMILES string of the molecule is CCCCCCCCC1C=CC(c2ccc(Br)cc2)=CC1. The first-order valence-corrected chi connectivity index (χ1v) is 9.23. The van der Waals surface area contributed by atoms with Gasteiger partial charge in [0.05, 0.1) is 0 Å². The van der Waals surface area contributed by atoms with E-state index in [-0.39, 0.29) is 0 Å². The minimum Gasteiger partial charge on any atom is -0.0805 e. The second kappa shape index (κ2) is 9.25. The van der Waals surface area contributed by atoms with Crippen molar-refractivity contribution in [3.05, 3.63) is 52.5 Å². The molecule has 0 nitrogen and oxygen atoms in total. The molecule has 0 heterocycles. The van der Waals surface area contributed by atoms with E-state index >= 15 is 0 Å². The van der Waals surface area contributed by atoms with Crippen molar-refractivity contribution < 1.29 is 0 Å². The first kappa shape index (κ1) is 16.5. The van der Waals surface area contributed by atoms with Crippen molar-refractivity contribution in [3.8, 4) is 0 Å². The summed E-state index contributed by atoms with van der Waals surface area (Å²) in [6.07, 6.45) is 18.1. The van der Waals surface area contributed by atoms with Crippen molar-refractivity contribution in [2.45, 2.75) is 58.3 Å². The van der Waals surface area contributed by atoms with Crippen LogP contribution >= 0.6 is 15.9 Å². The summed E-state index contributed by atoms with van der Waals surface area (Å²) in [7, 11) is 0. The zero-order valence-corrected chi connectivity index (χ0v) is 14.7. The molecule has 0 aromatic heterocycles. The molecule has 1 heteroatoms. The Morgan fingerprint density at radius 1 is 1.00 bits per heavy atom. The normalized spacial score (nSPS) is 17.8. The van der Waals surface area contributed by atoms with Gasteiger partial charge < -0.3 is 0 Å². The van der Waals surface area contributed by atoms with Gasteiger partial charge in [0, 0.05) is 4.47 Å². The van der Waals surface area contributed by atoms with Crippen LogP contribution in [0.4, 0.5) is 0 Å². The van der Waals surface area contributed by atoms with E-state index in [2.05, 4.69) is 65.3 Å². The summed E-state index contributed by atoms with van der Waals surface area (Å²) < 4.78 is 1.15. The van der Waals surface area contributed by atoms with E-state index in [0.29, 0.717) is 0 Å². The number of hydrogen-bond acceptors (Lipinski definition) is 0. The predicted octanol–water partition coefficient (Wildman–Crippen LogP) is 7.16. The lowest BCUT2D eigenvalue weighted by molar-refractivity contribution is 0.520. The highest BCUT2D eigenvalue weighted by Gasteiger charge is 2.09. The van der Waals surface area contributed by atoms with Crippen LogP contribution in [0.1, 0.15) is 63.9 Å². The van der Waals surface area contributed by atoms with Crippen molar-refractivity contribution in [1.82, 2.24) is 0 Å². The fourth-order valence-electron chi connectivity index (χ4n) is 2.92. The van der Waals surface area contributed by atoms with E-state index in [1.165, 1.54) is 62.5 Å². The zero-order valence-electron chi connectivity index (χ0n) is 13.2. The maximum atomic E-state index is 3.49. The molecule has 21 heavy (non-hydrogen) atoms. The minimum absolute atomic E-state index is 0.760. The third-order valence-electron chi connectivity index (χ3n) is 4.29. The van der Waals surface area contributed by atoms with Gasteiger partial charge in [-0.3, -0.25) is 0 Å². The van der Waals surface area contributed by atoms with Gasteiger partial charge >= 0.3 is 0 Å². The predicted molar refractivity (Wildman–Crippen MR) is 97.4 cm³/mol. The molecule has 0 radical (unpaired) electrons. The van der Waals surface area contributed by atoms with Gasteiger partial charge in [-0.2, -0.15) is 0 Å². The summed E-state index contributed by atoms with van der Waals surface area (Å²) in [4.78, 5) is 0. The summed E-state index contributed by atoms with van der Waals surface area (Å²) in [5.74, 6) is 0.760. The van der Waals surface area contributed by atoms with Crippen LogP contribution in [0.5, 0.6) is 0 Å². The van der Waals surface area contributed by atoms with Crippen molar-refractivity contribution in [2.24, 2.45) is 5.92 Å². The Bertz CT molecular complexity index is 467. The van der Waals surface area contributed by atoms with E-state index in [4.69, 9.17) is 0 Å². The summed E-state index contributed by atoms with van der Waals surface area (Å²) in [6.45, 7) is 2.28. The number of benzene rings is 1. The zero-order chi connectivity index (χ0) is 14.9. The molecule has 1 aliphatic rings. The van der Waals surface area contributed by atoms with Crippen LogP contribution in [0, 0.1) is 5.92 Å². The number of unbranched alkanes of at least 4 members (excludes halogenated alkanes) is 5. The highest BCUT2D eigenvalue weighted by molar-refractivity contribution is 9.10. The number of hydrogen-bond donors (Lipinski definition) is 0. The molecule has 0 fully saturated rings. The van der Waals surface area contributed by atoms with Crippen LogP contribution in [0.15, 0.2) is 47.0 Å². The fourth-order valence-corrected chi connectivity index (χ4v) is 3.19. The first-order chi connectivity index (χ1) is 10.3. The van der Waals surface area contributed by atoms with Gasteiger partial charge in [0.15, 0.2) is 0 Å². The molecule has 1 unspecified atom stereocenters. The third kappa shape index (κ3) is 5.82. The molecule has 0 saturated carbocycles. The molecular weight excluding hydrogens is 320 g/mol. The summed E-state index contributed by atoms with van der Waals surface area (Å²) in [6, 6.07) is 8.61. The van der Waals surface area contributed by atoms with Crippen molar-refractivity contribution in [2.75, 3.05) is 0 Å². The number of rotatable bonds is 8. The van der Waals surface area contributed by atoms with Gasteiger partial charge in [-0.05, 0) is 42.0 Å². The second-order valence-electron chi connectivity index (χ2n) is 6.08. The first-order valence-electron chi connectivity index (χ1n) is 8.44. The smallest absolute Gasteiger partial charge is 0.0175 e. The standard InChI is InChI=1S/C20H27Br/c1-2-3-4-5-6-7-8-17-9-11-18(12-10-17)19-13-15-20(21)16-14-19/h9,11-17H,2-8,10H2,1H3. The highest BCUT2D eigenvalue weighted by atomic mass is 79.9. The average Bonchev–Trinajstić information content (AvgIpc) is 2.52. The molecule has 1 atom stereocenters. The molecule has 114 valence electrons. The Hall–Kier alpha value is -0.820. The highest BCUT2D eigenvalue weighted by Crippen LogP contribution is 2.28. The van der Waals surface area contributed by atoms with Gasteiger partial charge in [0.25, 0.3) is 0 Å². The Balaban J connectivity index is 1.70. The van der Waals surface area contributed by atoms with Crippen molar-refractivity contribution >= 4 is 21.5 Å². The molecule has 1 aromatic carbocycles. The molecule has 0 saturated heterocycles. The Morgan fingerprint density at radius 2 is 1.71 bits per heavy atom. The third-order valence-corrected chi connectivity index (χ3v) is 4.82. The van der Waals surface area contributed by atoms with Gasteiger partial charge in [-0.25, -0.2) is 0 Å². The topological polar surface area (TPSA) is 0 Å². The molecule has 2 rings (SSSR count). The molecular formula is C20H27Br. The molecule has 0 amide bonds. The van der Waals surface area contributed by atoms with Crippen LogP contribution in [-0.2, 0) is 0 Å². The summed E-state index contributed by atoms with van der Waals surface area (Å²) in [5, 5.41) is 0. The van der Waals surface area contributed by atoms with Crippen molar-refractivity contribution in [3.63, 3.8) is 0 Å². The monoisotopic (exact) mass is 346 g/mol. The van der Waals surface area contributed by atoms with E-state index < -0.39 is 0 Å². The number of allylic oxidation sites excluding steroid dienone is 4.